The van der Waals surface area contributed by atoms with E-state index in [-0.39, 0.29) is 17.2 Å². The van der Waals surface area contributed by atoms with Crippen LogP contribution in [0.1, 0.15) is 29.0 Å². The molecule has 0 unspecified atom stereocenters. The molecule has 24 heavy (non-hydrogen) atoms. The molecular formula is C19H24N2OS2. The Morgan fingerprint density at radius 3 is 2.88 bits per heavy atom. The lowest BCUT2D eigenvalue weighted by molar-refractivity contribution is -0.120. The second-order valence-corrected chi connectivity index (χ2v) is 8.32. The highest BCUT2D eigenvalue weighted by Gasteiger charge is 2.26. The van der Waals surface area contributed by atoms with Crippen LogP contribution >= 0.6 is 23.1 Å². The van der Waals surface area contributed by atoms with E-state index in [1.165, 1.54) is 16.0 Å². The zero-order valence-electron chi connectivity index (χ0n) is 14.2. The first-order valence-corrected chi connectivity index (χ1v) is 10.5. The maximum atomic E-state index is 12.2. The van der Waals surface area contributed by atoms with Crippen LogP contribution in [0.5, 0.6) is 0 Å². The van der Waals surface area contributed by atoms with Gasteiger partial charge in [0.15, 0.2) is 0 Å². The average Bonchev–Trinajstić information content (AvgIpc) is 3.09. The second-order valence-electron chi connectivity index (χ2n) is 6.14. The lowest BCUT2D eigenvalue weighted by Gasteiger charge is -2.35. The van der Waals surface area contributed by atoms with Crippen LogP contribution in [0, 0.1) is 0 Å². The number of benzene rings is 1. The first-order valence-electron chi connectivity index (χ1n) is 8.33. The minimum absolute atomic E-state index is 0.00810. The number of rotatable bonds is 6. The van der Waals surface area contributed by atoms with Crippen LogP contribution in [0.4, 0.5) is 0 Å². The van der Waals surface area contributed by atoms with E-state index in [1.807, 2.05) is 30.6 Å². The Morgan fingerprint density at radius 1 is 1.33 bits per heavy atom. The van der Waals surface area contributed by atoms with Gasteiger partial charge in [-0.05, 0) is 42.2 Å². The van der Waals surface area contributed by atoms with E-state index in [2.05, 4.69) is 45.9 Å². The molecule has 1 aliphatic heterocycles. The molecule has 2 aromatic rings. The van der Waals surface area contributed by atoms with E-state index >= 15 is 0 Å². The zero-order valence-corrected chi connectivity index (χ0v) is 15.8. The van der Waals surface area contributed by atoms with Crippen LogP contribution in [-0.2, 0) is 17.8 Å². The SMILES string of the molecule is CS[C@H](C)C(=O)NC[C@@H](c1ccccc1)N1CCc2sccc2C1. The normalized spacial score (nSPS) is 17.1. The van der Waals surface area contributed by atoms with Gasteiger partial charge in [0.1, 0.15) is 0 Å². The Hall–Kier alpha value is -1.30. The van der Waals surface area contributed by atoms with Crippen molar-refractivity contribution in [2.45, 2.75) is 31.2 Å². The molecule has 0 radical (unpaired) electrons. The third-order valence-corrected chi connectivity index (χ3v) is 6.60. The van der Waals surface area contributed by atoms with Gasteiger partial charge in [0.05, 0.1) is 11.3 Å². The summed E-state index contributed by atoms with van der Waals surface area (Å²) >= 11 is 3.44. The Morgan fingerprint density at radius 2 is 2.12 bits per heavy atom. The summed E-state index contributed by atoms with van der Waals surface area (Å²) in [4.78, 5) is 16.2. The fourth-order valence-corrected chi connectivity index (χ4v) is 4.30. The standard InChI is InChI=1S/C19H24N2OS2/c1-14(23-2)19(22)20-12-17(15-6-4-3-5-7-15)21-10-8-18-16(13-21)9-11-24-18/h3-7,9,11,14,17H,8,10,12-13H2,1-2H3,(H,20,22)/t14-,17+/m1/s1. The van der Waals surface area contributed by atoms with Crippen molar-refractivity contribution < 1.29 is 4.79 Å². The van der Waals surface area contributed by atoms with E-state index in [9.17, 15) is 4.79 Å². The number of hydrogen-bond acceptors (Lipinski definition) is 4. The van der Waals surface area contributed by atoms with Gasteiger partial charge in [-0.15, -0.1) is 11.3 Å². The van der Waals surface area contributed by atoms with Gasteiger partial charge in [-0.1, -0.05) is 30.3 Å². The summed E-state index contributed by atoms with van der Waals surface area (Å²) in [5.41, 5.74) is 2.71. The van der Waals surface area contributed by atoms with Crippen LogP contribution in [0.3, 0.4) is 0 Å². The molecule has 0 fully saturated rings. The number of hydrogen-bond donors (Lipinski definition) is 1. The third-order valence-electron chi connectivity index (χ3n) is 4.65. The minimum Gasteiger partial charge on any atom is -0.353 e. The van der Waals surface area contributed by atoms with Crippen molar-refractivity contribution >= 4 is 29.0 Å². The number of carbonyl (C=O) groups is 1. The van der Waals surface area contributed by atoms with Crippen molar-refractivity contribution in [2.75, 3.05) is 19.3 Å². The summed E-state index contributed by atoms with van der Waals surface area (Å²) in [6.07, 6.45) is 3.08. The topological polar surface area (TPSA) is 32.3 Å². The predicted octanol–water partition coefficient (Wildman–Crippen LogP) is 3.72. The fourth-order valence-electron chi connectivity index (χ4n) is 3.12. The van der Waals surface area contributed by atoms with Crippen molar-refractivity contribution in [3.63, 3.8) is 0 Å². The summed E-state index contributed by atoms with van der Waals surface area (Å²) in [6.45, 7) is 4.62. The van der Waals surface area contributed by atoms with Crippen molar-refractivity contribution in [1.82, 2.24) is 10.2 Å². The molecule has 1 aromatic carbocycles. The number of nitrogens with one attached hydrogen (secondary N) is 1. The molecule has 1 N–H and O–H groups in total. The molecule has 0 saturated carbocycles. The van der Waals surface area contributed by atoms with Crippen LogP contribution in [0.2, 0.25) is 0 Å². The Labute approximate surface area is 152 Å². The first-order chi connectivity index (χ1) is 11.7. The van der Waals surface area contributed by atoms with E-state index in [4.69, 9.17) is 0 Å². The number of fused-ring (bicyclic) bond motifs is 1. The van der Waals surface area contributed by atoms with Crippen LogP contribution in [0.15, 0.2) is 41.8 Å². The van der Waals surface area contributed by atoms with Crippen molar-refractivity contribution in [3.8, 4) is 0 Å². The molecule has 5 heteroatoms. The molecule has 0 bridgehead atoms. The van der Waals surface area contributed by atoms with Crippen molar-refractivity contribution in [2.24, 2.45) is 0 Å². The molecule has 1 amide bonds. The van der Waals surface area contributed by atoms with Gasteiger partial charge in [-0.25, -0.2) is 0 Å². The number of nitrogens with zero attached hydrogens (tertiary/aromatic N) is 1. The highest BCUT2D eigenvalue weighted by atomic mass is 32.2. The smallest absolute Gasteiger partial charge is 0.232 e. The predicted molar refractivity (Wildman–Crippen MR) is 104 cm³/mol. The molecular weight excluding hydrogens is 336 g/mol. The minimum atomic E-state index is -0.00810. The van der Waals surface area contributed by atoms with Gasteiger partial charge in [-0.3, -0.25) is 9.69 Å². The molecule has 0 aliphatic carbocycles. The van der Waals surface area contributed by atoms with Gasteiger partial charge in [0.2, 0.25) is 5.91 Å². The first kappa shape index (κ1) is 17.5. The van der Waals surface area contributed by atoms with Crippen molar-refractivity contribution in [1.29, 1.82) is 0 Å². The molecule has 1 aromatic heterocycles. The van der Waals surface area contributed by atoms with Gasteiger partial charge in [0, 0.05) is 24.5 Å². The van der Waals surface area contributed by atoms with E-state index in [1.54, 1.807) is 11.8 Å². The molecule has 2 atom stereocenters. The maximum absolute atomic E-state index is 12.2. The summed E-state index contributed by atoms with van der Waals surface area (Å²) in [5.74, 6) is 0.122. The lowest BCUT2D eigenvalue weighted by Crippen LogP contribution is -2.42. The van der Waals surface area contributed by atoms with Crippen molar-refractivity contribution in [3.05, 3.63) is 57.8 Å². The molecule has 0 spiro atoms. The zero-order chi connectivity index (χ0) is 16.9. The van der Waals surface area contributed by atoms with Gasteiger partial charge in [-0.2, -0.15) is 11.8 Å². The number of thioether (sulfide) groups is 1. The van der Waals surface area contributed by atoms with Crippen LogP contribution < -0.4 is 5.32 Å². The summed E-state index contributed by atoms with van der Waals surface area (Å²) in [5, 5.41) is 5.33. The summed E-state index contributed by atoms with van der Waals surface area (Å²) in [6, 6.07) is 13.0. The Bertz CT molecular complexity index is 671. The number of amides is 1. The largest absolute Gasteiger partial charge is 0.353 e. The van der Waals surface area contributed by atoms with Crippen LogP contribution in [-0.4, -0.2) is 35.4 Å². The molecule has 2 heterocycles. The quantitative estimate of drug-likeness (QED) is 0.852. The average molecular weight is 361 g/mol. The molecule has 128 valence electrons. The highest BCUT2D eigenvalue weighted by molar-refractivity contribution is 7.99. The van der Waals surface area contributed by atoms with Gasteiger partial charge >= 0.3 is 0 Å². The van der Waals surface area contributed by atoms with Gasteiger partial charge < -0.3 is 5.32 Å². The van der Waals surface area contributed by atoms with E-state index in [0.29, 0.717) is 6.54 Å². The number of thiophene rings is 1. The van der Waals surface area contributed by atoms with E-state index < -0.39 is 0 Å². The molecule has 0 saturated heterocycles. The van der Waals surface area contributed by atoms with E-state index in [0.717, 1.165) is 19.5 Å². The monoisotopic (exact) mass is 360 g/mol. The molecule has 3 nitrogen and oxygen atoms in total. The molecule has 1 aliphatic rings. The fraction of sp³-hybridized carbons (Fsp3) is 0.421. The molecule has 3 rings (SSSR count). The Balaban J connectivity index is 1.75. The van der Waals surface area contributed by atoms with Gasteiger partial charge in [0.25, 0.3) is 0 Å². The number of carbonyl (C=O) groups excluding carboxylic acids is 1. The second kappa shape index (κ2) is 8.19. The maximum Gasteiger partial charge on any atom is 0.232 e. The third kappa shape index (κ3) is 4.02. The summed E-state index contributed by atoms with van der Waals surface area (Å²) in [7, 11) is 0. The highest BCUT2D eigenvalue weighted by Crippen LogP contribution is 2.30. The Kier molecular flexibility index (Phi) is 5.98. The van der Waals surface area contributed by atoms with Crippen LogP contribution in [0.25, 0.3) is 0 Å². The lowest BCUT2D eigenvalue weighted by atomic mass is 10.0. The summed E-state index contributed by atoms with van der Waals surface area (Å²) < 4.78 is 0.